The van der Waals surface area contributed by atoms with Gasteiger partial charge < -0.3 is 15.6 Å². The molecule has 0 bridgehead atoms. The third-order valence-corrected chi connectivity index (χ3v) is 3.19. The van der Waals surface area contributed by atoms with Crippen molar-refractivity contribution in [1.82, 2.24) is 0 Å². The fourth-order valence-corrected chi connectivity index (χ4v) is 2.06. The average Bonchev–Trinajstić information content (AvgIpc) is 2.24. The second-order valence-electron chi connectivity index (χ2n) is 3.85. The molecular weight excluding hydrogens is 226 g/mol. The number of hydrogen-bond donors (Lipinski definition) is 2. The molecule has 0 aliphatic rings. The lowest BCUT2D eigenvalue weighted by Crippen LogP contribution is -2.14. The van der Waals surface area contributed by atoms with Gasteiger partial charge in [-0.05, 0) is 37.5 Å². The van der Waals surface area contributed by atoms with Crippen LogP contribution in [0.4, 0.5) is 0 Å². The van der Waals surface area contributed by atoms with E-state index in [1.165, 1.54) is 0 Å². The monoisotopic (exact) mass is 243 g/mol. The van der Waals surface area contributed by atoms with Gasteiger partial charge in [0.15, 0.2) is 0 Å². The van der Waals surface area contributed by atoms with Crippen molar-refractivity contribution in [3.05, 3.63) is 27.8 Å². The minimum absolute atomic E-state index is 0.0639. The minimum atomic E-state index is -0.211. The Kier molecular flexibility index (Phi) is 4.59. The van der Waals surface area contributed by atoms with Crippen molar-refractivity contribution in [3.63, 3.8) is 0 Å². The number of rotatable bonds is 4. The Hall–Kier alpha value is -0.770. The Bertz CT molecular complexity index is 380. The van der Waals surface area contributed by atoms with Crippen LogP contribution >= 0.6 is 11.6 Å². The summed E-state index contributed by atoms with van der Waals surface area (Å²) in [6, 6.07) is 1.65. The molecule has 0 aliphatic heterocycles. The maximum absolute atomic E-state index is 8.90. The van der Waals surface area contributed by atoms with E-state index in [0.29, 0.717) is 11.4 Å². The summed E-state index contributed by atoms with van der Waals surface area (Å²) in [5, 5.41) is 9.54. The van der Waals surface area contributed by atoms with Gasteiger partial charge in [-0.2, -0.15) is 0 Å². The van der Waals surface area contributed by atoms with E-state index in [4.69, 9.17) is 27.2 Å². The number of aliphatic hydroxyl groups excluding tert-OH is 1. The molecule has 4 heteroatoms. The average molecular weight is 244 g/mol. The molecule has 0 heterocycles. The molecular formula is C12H18ClNO2. The number of benzene rings is 1. The highest BCUT2D eigenvalue weighted by molar-refractivity contribution is 6.31. The predicted octanol–water partition coefficient (Wildman–Crippen LogP) is 2.35. The highest BCUT2D eigenvalue weighted by Gasteiger charge is 2.16. The minimum Gasteiger partial charge on any atom is -0.496 e. The van der Waals surface area contributed by atoms with E-state index in [-0.39, 0.29) is 12.6 Å². The van der Waals surface area contributed by atoms with Crippen LogP contribution < -0.4 is 10.5 Å². The van der Waals surface area contributed by atoms with Crippen LogP contribution in [0.25, 0.3) is 0 Å². The first-order valence-corrected chi connectivity index (χ1v) is 5.60. The second-order valence-corrected chi connectivity index (χ2v) is 4.26. The molecule has 0 saturated heterocycles. The number of nitrogens with two attached hydrogens (primary N) is 1. The molecule has 1 aromatic rings. The topological polar surface area (TPSA) is 55.5 Å². The Morgan fingerprint density at radius 3 is 2.56 bits per heavy atom. The van der Waals surface area contributed by atoms with Gasteiger partial charge in [-0.3, -0.25) is 0 Å². The Balaban J connectivity index is 3.25. The summed E-state index contributed by atoms with van der Waals surface area (Å²) < 4.78 is 5.32. The molecule has 90 valence electrons. The zero-order valence-corrected chi connectivity index (χ0v) is 10.6. The van der Waals surface area contributed by atoms with Crippen LogP contribution in [0.5, 0.6) is 5.75 Å². The van der Waals surface area contributed by atoms with Crippen molar-refractivity contribution >= 4 is 11.6 Å². The van der Waals surface area contributed by atoms with E-state index in [2.05, 4.69) is 0 Å². The number of methoxy groups -OCH3 is 1. The van der Waals surface area contributed by atoms with E-state index < -0.39 is 0 Å². The van der Waals surface area contributed by atoms with Gasteiger partial charge in [-0.25, -0.2) is 0 Å². The Morgan fingerprint density at radius 2 is 2.06 bits per heavy atom. The molecule has 1 unspecified atom stereocenters. The molecule has 0 aliphatic carbocycles. The third-order valence-electron chi connectivity index (χ3n) is 2.80. The lowest BCUT2D eigenvalue weighted by molar-refractivity contribution is 0.276. The zero-order valence-electron chi connectivity index (χ0n) is 9.88. The third kappa shape index (κ3) is 2.48. The van der Waals surface area contributed by atoms with E-state index >= 15 is 0 Å². The smallest absolute Gasteiger partial charge is 0.126 e. The van der Waals surface area contributed by atoms with E-state index in [1.54, 1.807) is 7.11 Å². The van der Waals surface area contributed by atoms with Crippen LogP contribution in [0.1, 0.15) is 29.2 Å². The second kappa shape index (κ2) is 5.53. The molecule has 1 aromatic carbocycles. The van der Waals surface area contributed by atoms with Gasteiger partial charge >= 0.3 is 0 Å². The maximum atomic E-state index is 8.90. The Labute approximate surface area is 101 Å². The highest BCUT2D eigenvalue weighted by Crippen LogP contribution is 2.34. The van der Waals surface area contributed by atoms with Crippen molar-refractivity contribution in [3.8, 4) is 5.75 Å². The molecule has 1 atom stereocenters. The molecule has 3 nitrogen and oxygen atoms in total. The zero-order chi connectivity index (χ0) is 12.3. The fourth-order valence-electron chi connectivity index (χ4n) is 1.86. The van der Waals surface area contributed by atoms with Gasteiger partial charge in [-0.1, -0.05) is 11.6 Å². The number of aliphatic hydroxyl groups is 1. The quantitative estimate of drug-likeness (QED) is 0.854. The summed E-state index contributed by atoms with van der Waals surface area (Å²) in [6.07, 6.45) is 0.517. The summed E-state index contributed by atoms with van der Waals surface area (Å²) in [6.45, 7) is 3.93. The molecule has 1 rings (SSSR count). The van der Waals surface area contributed by atoms with Crippen molar-refractivity contribution in [2.75, 3.05) is 13.7 Å². The van der Waals surface area contributed by atoms with Gasteiger partial charge in [-0.15, -0.1) is 0 Å². The van der Waals surface area contributed by atoms with Crippen molar-refractivity contribution < 1.29 is 9.84 Å². The van der Waals surface area contributed by atoms with Crippen molar-refractivity contribution in [1.29, 1.82) is 0 Å². The first kappa shape index (κ1) is 13.3. The van der Waals surface area contributed by atoms with E-state index in [1.807, 2.05) is 19.9 Å². The van der Waals surface area contributed by atoms with Crippen LogP contribution in [0.2, 0.25) is 5.02 Å². The van der Waals surface area contributed by atoms with Crippen LogP contribution in [-0.2, 0) is 0 Å². The molecule has 0 radical (unpaired) electrons. The van der Waals surface area contributed by atoms with E-state index in [9.17, 15) is 0 Å². The molecule has 16 heavy (non-hydrogen) atoms. The van der Waals surface area contributed by atoms with Gasteiger partial charge in [0, 0.05) is 23.2 Å². The molecule has 0 amide bonds. The summed E-state index contributed by atoms with van der Waals surface area (Å²) in [4.78, 5) is 0. The predicted molar refractivity (Wildman–Crippen MR) is 66.1 cm³/mol. The molecule has 0 spiro atoms. The molecule has 0 saturated carbocycles. The van der Waals surface area contributed by atoms with Gasteiger partial charge in [0.1, 0.15) is 5.75 Å². The van der Waals surface area contributed by atoms with E-state index in [0.717, 1.165) is 22.4 Å². The molecule has 0 aromatic heterocycles. The first-order chi connectivity index (χ1) is 7.52. The van der Waals surface area contributed by atoms with Gasteiger partial charge in [0.05, 0.1) is 7.11 Å². The number of halogens is 1. The van der Waals surface area contributed by atoms with Crippen molar-refractivity contribution in [2.45, 2.75) is 26.3 Å². The summed E-state index contributed by atoms with van der Waals surface area (Å²) in [5.74, 6) is 0.774. The number of ether oxygens (including phenoxy) is 1. The van der Waals surface area contributed by atoms with Crippen LogP contribution in [0.15, 0.2) is 6.07 Å². The van der Waals surface area contributed by atoms with Crippen LogP contribution in [0.3, 0.4) is 0 Å². The van der Waals surface area contributed by atoms with Gasteiger partial charge in [0.2, 0.25) is 0 Å². The summed E-state index contributed by atoms with van der Waals surface area (Å²) >= 11 is 6.12. The lowest BCUT2D eigenvalue weighted by atomic mass is 9.96. The highest BCUT2D eigenvalue weighted by atomic mass is 35.5. The van der Waals surface area contributed by atoms with Crippen LogP contribution in [-0.4, -0.2) is 18.8 Å². The summed E-state index contributed by atoms with van der Waals surface area (Å²) in [7, 11) is 1.62. The van der Waals surface area contributed by atoms with Crippen LogP contribution in [0, 0.1) is 13.8 Å². The molecule has 3 N–H and O–H groups in total. The first-order valence-electron chi connectivity index (χ1n) is 5.23. The molecule has 0 fully saturated rings. The Morgan fingerprint density at radius 1 is 1.44 bits per heavy atom. The maximum Gasteiger partial charge on any atom is 0.126 e. The lowest BCUT2D eigenvalue weighted by Gasteiger charge is -2.18. The normalized spacial score (nSPS) is 12.6. The SMILES string of the molecule is COc1c(C)c(Cl)cc(C(N)CCO)c1C. The fraction of sp³-hybridized carbons (Fsp3) is 0.500. The summed E-state index contributed by atoms with van der Waals surface area (Å²) in [5.41, 5.74) is 8.82. The largest absolute Gasteiger partial charge is 0.496 e. The van der Waals surface area contributed by atoms with Crippen molar-refractivity contribution in [2.24, 2.45) is 5.73 Å². The standard InChI is InChI=1S/C12H18ClNO2/c1-7-9(11(14)4-5-15)6-10(13)8(2)12(7)16-3/h6,11,15H,4-5,14H2,1-3H3. The number of hydrogen-bond acceptors (Lipinski definition) is 3. The van der Waals surface area contributed by atoms with Gasteiger partial charge in [0.25, 0.3) is 0 Å².